The molecule has 0 saturated heterocycles. The highest BCUT2D eigenvalue weighted by molar-refractivity contribution is 7.60. The Kier molecular flexibility index (Phi) is 6.24. The lowest BCUT2D eigenvalue weighted by atomic mass is 10.4. The van der Waals surface area contributed by atoms with Gasteiger partial charge in [-0.25, -0.2) is 0 Å². The van der Waals surface area contributed by atoms with E-state index in [4.69, 9.17) is 0 Å². The third-order valence-corrected chi connectivity index (χ3v) is 5.44. The van der Waals surface area contributed by atoms with Gasteiger partial charge in [-0.2, -0.15) is 0 Å². The molecule has 3 nitrogen and oxygen atoms in total. The summed E-state index contributed by atoms with van der Waals surface area (Å²) in [6.07, 6.45) is 0. The Bertz CT molecular complexity index is 340. The lowest BCUT2D eigenvalue weighted by Gasteiger charge is -2.38. The molecule has 0 spiro atoms. The van der Waals surface area contributed by atoms with E-state index in [2.05, 4.69) is 86.6 Å². The van der Waals surface area contributed by atoms with Gasteiger partial charge in [-0.05, 0) is 42.0 Å². The highest BCUT2D eigenvalue weighted by Gasteiger charge is 2.23. The van der Waals surface area contributed by atoms with Gasteiger partial charge in [-0.15, -0.1) is 0 Å². The molecule has 1 unspecified atom stereocenters. The Hall–Kier alpha value is -0.470. The second-order valence-electron chi connectivity index (χ2n) is 5.17. The van der Waals surface area contributed by atoms with Crippen LogP contribution in [0.3, 0.4) is 0 Å². The van der Waals surface area contributed by atoms with E-state index in [0.29, 0.717) is 6.04 Å². The maximum absolute atomic E-state index is 2.47. The first-order valence-corrected chi connectivity index (χ1v) is 7.62. The van der Waals surface area contributed by atoms with Gasteiger partial charge < -0.3 is 0 Å². The summed E-state index contributed by atoms with van der Waals surface area (Å²) < 4.78 is 4.90. The minimum atomic E-state index is -0.425. The molecule has 0 aliphatic rings. The van der Waals surface area contributed by atoms with Gasteiger partial charge in [-0.1, -0.05) is 30.3 Å². The zero-order valence-corrected chi connectivity index (χ0v) is 13.4. The molecular formula is C14H26N3P. The summed E-state index contributed by atoms with van der Waals surface area (Å²) in [6.45, 7) is 5.47. The van der Waals surface area contributed by atoms with Crippen molar-refractivity contribution < 1.29 is 0 Å². The van der Waals surface area contributed by atoms with E-state index in [0.717, 1.165) is 6.67 Å². The fraction of sp³-hybridized carbons (Fsp3) is 0.571. The predicted octanol–water partition coefficient (Wildman–Crippen LogP) is 2.41. The molecule has 0 heterocycles. The average molecular weight is 267 g/mol. The molecule has 1 aromatic carbocycles. The molecule has 0 radical (unpaired) electrons. The number of rotatable bonds is 6. The van der Waals surface area contributed by atoms with Crippen molar-refractivity contribution in [3.05, 3.63) is 30.3 Å². The van der Waals surface area contributed by atoms with Gasteiger partial charge in [0.1, 0.15) is 0 Å². The Morgan fingerprint density at radius 2 is 1.56 bits per heavy atom. The van der Waals surface area contributed by atoms with Gasteiger partial charge in [0.05, 0.1) is 14.9 Å². The van der Waals surface area contributed by atoms with Crippen LogP contribution < -0.4 is 5.30 Å². The summed E-state index contributed by atoms with van der Waals surface area (Å²) in [4.78, 5) is 2.21. The van der Waals surface area contributed by atoms with Crippen LogP contribution in [0.4, 0.5) is 0 Å². The lowest BCUT2D eigenvalue weighted by Crippen LogP contribution is -2.37. The third kappa shape index (κ3) is 4.33. The van der Waals surface area contributed by atoms with Crippen LogP contribution in [0.5, 0.6) is 0 Å². The first-order chi connectivity index (χ1) is 8.43. The van der Waals surface area contributed by atoms with Crippen LogP contribution in [0.1, 0.15) is 13.8 Å². The van der Waals surface area contributed by atoms with Crippen molar-refractivity contribution in [2.45, 2.75) is 19.9 Å². The molecule has 1 aromatic rings. The minimum Gasteiger partial charge on any atom is -0.296 e. The molecule has 0 amide bonds. The minimum absolute atomic E-state index is 0.425. The second-order valence-corrected chi connectivity index (χ2v) is 7.58. The van der Waals surface area contributed by atoms with Crippen molar-refractivity contribution in [1.82, 2.24) is 14.2 Å². The van der Waals surface area contributed by atoms with Crippen LogP contribution in [0.25, 0.3) is 0 Å². The van der Waals surface area contributed by atoms with Crippen LogP contribution in [-0.4, -0.2) is 55.1 Å². The van der Waals surface area contributed by atoms with E-state index in [-0.39, 0.29) is 0 Å². The summed E-state index contributed by atoms with van der Waals surface area (Å²) in [5.74, 6) is 0. The van der Waals surface area contributed by atoms with E-state index in [1.54, 1.807) is 0 Å². The number of hydrogen-bond acceptors (Lipinski definition) is 3. The average Bonchev–Trinajstić information content (AvgIpc) is 2.29. The van der Waals surface area contributed by atoms with Crippen LogP contribution in [0.2, 0.25) is 0 Å². The van der Waals surface area contributed by atoms with Gasteiger partial charge in [-0.3, -0.25) is 14.2 Å². The third-order valence-electron chi connectivity index (χ3n) is 2.84. The van der Waals surface area contributed by atoms with Crippen LogP contribution in [0, 0.1) is 0 Å². The van der Waals surface area contributed by atoms with E-state index < -0.39 is 8.22 Å². The number of hydrogen-bond donors (Lipinski definition) is 0. The normalized spacial score (nSPS) is 13.9. The summed E-state index contributed by atoms with van der Waals surface area (Å²) in [7, 11) is 8.23. The summed E-state index contributed by atoms with van der Waals surface area (Å²) in [5.41, 5.74) is 0. The zero-order valence-electron chi connectivity index (χ0n) is 12.5. The van der Waals surface area contributed by atoms with Crippen molar-refractivity contribution in [1.29, 1.82) is 0 Å². The maximum Gasteiger partial charge on any atom is 0.0732 e. The van der Waals surface area contributed by atoms with Crippen molar-refractivity contribution >= 4 is 13.5 Å². The van der Waals surface area contributed by atoms with Crippen molar-refractivity contribution in [3.8, 4) is 0 Å². The maximum atomic E-state index is 2.47. The number of benzene rings is 1. The van der Waals surface area contributed by atoms with Crippen molar-refractivity contribution in [3.63, 3.8) is 0 Å². The predicted molar refractivity (Wildman–Crippen MR) is 82.2 cm³/mol. The molecule has 0 bridgehead atoms. The van der Waals surface area contributed by atoms with Gasteiger partial charge in [0.2, 0.25) is 0 Å². The molecule has 1 rings (SSSR count). The van der Waals surface area contributed by atoms with Gasteiger partial charge in [0, 0.05) is 11.3 Å². The van der Waals surface area contributed by atoms with Crippen LogP contribution >= 0.6 is 8.22 Å². The number of nitrogens with zero attached hydrogens (tertiary/aromatic N) is 3. The molecular weight excluding hydrogens is 241 g/mol. The lowest BCUT2D eigenvalue weighted by molar-refractivity contribution is 0.292. The Labute approximate surface area is 113 Å². The molecule has 102 valence electrons. The highest BCUT2D eigenvalue weighted by Crippen LogP contribution is 2.42. The van der Waals surface area contributed by atoms with Crippen molar-refractivity contribution in [2.24, 2.45) is 0 Å². The monoisotopic (exact) mass is 267 g/mol. The molecule has 1 atom stereocenters. The molecule has 4 heteroatoms. The molecule has 0 fully saturated rings. The quantitative estimate of drug-likeness (QED) is 0.579. The summed E-state index contributed by atoms with van der Waals surface area (Å²) in [5, 5.41) is 1.41. The first kappa shape index (κ1) is 15.6. The molecule has 0 N–H and O–H groups in total. The fourth-order valence-corrected chi connectivity index (χ4v) is 4.36. The topological polar surface area (TPSA) is 9.72 Å². The van der Waals surface area contributed by atoms with Gasteiger partial charge in [0.15, 0.2) is 0 Å². The highest BCUT2D eigenvalue weighted by atomic mass is 31.1. The summed E-state index contributed by atoms with van der Waals surface area (Å²) >= 11 is 0. The Morgan fingerprint density at radius 1 is 1.00 bits per heavy atom. The molecule has 0 aromatic heterocycles. The molecule has 18 heavy (non-hydrogen) atoms. The fourth-order valence-electron chi connectivity index (χ4n) is 1.87. The molecule has 0 aliphatic heterocycles. The van der Waals surface area contributed by atoms with Crippen LogP contribution in [-0.2, 0) is 0 Å². The summed E-state index contributed by atoms with van der Waals surface area (Å²) in [6, 6.07) is 11.3. The first-order valence-electron chi connectivity index (χ1n) is 6.37. The Balaban J connectivity index is 2.95. The second kappa shape index (κ2) is 7.20. The molecule has 0 saturated carbocycles. The van der Waals surface area contributed by atoms with E-state index in [1.165, 1.54) is 5.30 Å². The van der Waals surface area contributed by atoms with E-state index >= 15 is 0 Å². The molecule has 0 aliphatic carbocycles. The van der Waals surface area contributed by atoms with Gasteiger partial charge >= 0.3 is 0 Å². The van der Waals surface area contributed by atoms with E-state index in [1.807, 2.05) is 0 Å². The largest absolute Gasteiger partial charge is 0.296 e. The van der Waals surface area contributed by atoms with E-state index in [9.17, 15) is 0 Å². The standard InChI is InChI=1S/C14H26N3P/c1-13(2)17(6)18(16(5)12-15(3)4)14-10-8-7-9-11-14/h7-11,13H,12H2,1-6H3. The van der Waals surface area contributed by atoms with Crippen molar-refractivity contribution in [2.75, 3.05) is 34.9 Å². The Morgan fingerprint density at radius 3 is 2.00 bits per heavy atom. The van der Waals surface area contributed by atoms with Gasteiger partial charge in [0.25, 0.3) is 0 Å². The zero-order chi connectivity index (χ0) is 13.7. The smallest absolute Gasteiger partial charge is 0.0732 e. The SMILES string of the molecule is CC(C)N(C)P(c1ccccc1)N(C)CN(C)C. The van der Waals surface area contributed by atoms with Crippen LogP contribution in [0.15, 0.2) is 30.3 Å².